The molecule has 0 amide bonds. The minimum absolute atomic E-state index is 0.242. The van der Waals surface area contributed by atoms with Gasteiger partial charge in [-0.3, -0.25) is 4.79 Å². The van der Waals surface area contributed by atoms with Crippen molar-refractivity contribution in [2.75, 3.05) is 51.1 Å². The molecule has 0 unspecified atom stereocenters. The normalized spacial score (nSPS) is 11.0. The van der Waals surface area contributed by atoms with Crippen LogP contribution in [0, 0.1) is 0 Å². The van der Waals surface area contributed by atoms with E-state index in [1.807, 2.05) is 4.90 Å². The molecule has 0 atom stereocenters. The van der Waals surface area contributed by atoms with Gasteiger partial charge in [0.25, 0.3) is 0 Å². The van der Waals surface area contributed by atoms with Crippen molar-refractivity contribution >= 4 is 63.1 Å². The summed E-state index contributed by atoms with van der Waals surface area (Å²) >= 11 is 19.3. The maximum Gasteiger partial charge on any atom is 0.203 e. The molecule has 29 heavy (non-hydrogen) atoms. The first-order chi connectivity index (χ1) is 14.0. The molecule has 1 aromatic carbocycles. The quantitative estimate of drug-likeness (QED) is 0.257. The van der Waals surface area contributed by atoms with Gasteiger partial charge < -0.3 is 19.1 Å². The Bertz CT molecular complexity index is 842. The fraction of sp³-hybridized carbons (Fsp3) is 0.368. The Morgan fingerprint density at radius 2 is 1.69 bits per heavy atom. The van der Waals surface area contributed by atoms with E-state index in [9.17, 15) is 4.79 Å². The molecule has 2 aromatic rings. The Morgan fingerprint density at radius 3 is 2.17 bits per heavy atom. The van der Waals surface area contributed by atoms with E-state index < -0.39 is 0 Å². The number of ether oxygens (including phenoxy) is 3. The van der Waals surface area contributed by atoms with Gasteiger partial charge in [-0.2, -0.15) is 0 Å². The first-order valence-electron chi connectivity index (χ1n) is 8.54. The molecular formula is C19H21Cl3N2O4S. The number of carbonyl (C=O) groups excluding carboxylic acids is 1. The minimum Gasteiger partial charge on any atom is -0.493 e. The topological polar surface area (TPSA) is 60.9 Å². The fourth-order valence-corrected chi connectivity index (χ4v) is 4.15. The SMILES string of the molecule is COc1cc(C(=O)/C=C/c2sc(N(CCCl)CCCl)nc2Cl)cc(OC)c1OC. The number of alkyl halides is 2. The second kappa shape index (κ2) is 11.5. The fourth-order valence-electron chi connectivity index (χ4n) is 2.52. The summed E-state index contributed by atoms with van der Waals surface area (Å²) in [5, 5.41) is 1.02. The van der Waals surface area contributed by atoms with Crippen LogP contribution in [0.3, 0.4) is 0 Å². The number of halogens is 3. The number of hydrogen-bond donors (Lipinski definition) is 0. The summed E-state index contributed by atoms with van der Waals surface area (Å²) in [5.41, 5.74) is 0.391. The van der Waals surface area contributed by atoms with Gasteiger partial charge in [-0.25, -0.2) is 4.98 Å². The van der Waals surface area contributed by atoms with Crippen molar-refractivity contribution in [1.29, 1.82) is 0 Å². The molecule has 0 aliphatic heterocycles. The zero-order valence-corrected chi connectivity index (χ0v) is 19.3. The van der Waals surface area contributed by atoms with Crippen LogP contribution >= 0.6 is 46.1 Å². The standard InChI is InChI=1S/C19H21Cl3N2O4S/c1-26-14-10-12(11-15(27-2)17(14)28-3)13(25)4-5-16-18(22)23-19(29-16)24(8-6-20)9-7-21/h4-5,10-11H,6-9H2,1-3H3/b5-4+. The summed E-state index contributed by atoms with van der Waals surface area (Å²) < 4.78 is 15.9. The van der Waals surface area contributed by atoms with Crippen molar-refractivity contribution in [1.82, 2.24) is 4.98 Å². The van der Waals surface area contributed by atoms with Crippen LogP contribution in [0.4, 0.5) is 5.13 Å². The van der Waals surface area contributed by atoms with Gasteiger partial charge in [0, 0.05) is 30.4 Å². The van der Waals surface area contributed by atoms with E-state index in [4.69, 9.17) is 49.0 Å². The predicted molar refractivity (Wildman–Crippen MR) is 120 cm³/mol. The van der Waals surface area contributed by atoms with E-state index in [0.717, 1.165) is 0 Å². The maximum absolute atomic E-state index is 12.7. The van der Waals surface area contributed by atoms with Crippen molar-refractivity contribution in [3.05, 3.63) is 33.8 Å². The highest BCUT2D eigenvalue weighted by atomic mass is 35.5. The van der Waals surface area contributed by atoms with Gasteiger partial charge in [-0.15, -0.1) is 23.2 Å². The van der Waals surface area contributed by atoms with Gasteiger partial charge in [-0.05, 0) is 24.3 Å². The van der Waals surface area contributed by atoms with Gasteiger partial charge in [-0.1, -0.05) is 22.9 Å². The van der Waals surface area contributed by atoms with Crippen LogP contribution in [0.5, 0.6) is 17.2 Å². The van der Waals surface area contributed by atoms with Crippen LogP contribution in [-0.4, -0.2) is 56.9 Å². The third kappa shape index (κ3) is 5.92. The largest absolute Gasteiger partial charge is 0.493 e. The number of benzene rings is 1. The number of thiazole rings is 1. The third-order valence-electron chi connectivity index (χ3n) is 3.91. The average Bonchev–Trinajstić information content (AvgIpc) is 3.10. The first kappa shape index (κ1) is 23.6. The summed E-state index contributed by atoms with van der Waals surface area (Å²) in [4.78, 5) is 19.6. The van der Waals surface area contributed by atoms with Crippen LogP contribution < -0.4 is 19.1 Å². The molecule has 6 nitrogen and oxygen atoms in total. The molecule has 1 heterocycles. The Balaban J connectivity index is 2.27. The van der Waals surface area contributed by atoms with Gasteiger partial charge in [0.1, 0.15) is 5.15 Å². The van der Waals surface area contributed by atoms with Crippen molar-refractivity contribution in [2.24, 2.45) is 0 Å². The van der Waals surface area contributed by atoms with Crippen molar-refractivity contribution in [2.45, 2.75) is 0 Å². The zero-order chi connectivity index (χ0) is 21.4. The first-order valence-corrected chi connectivity index (χ1v) is 10.8. The zero-order valence-electron chi connectivity index (χ0n) is 16.2. The molecule has 0 aliphatic rings. The second-order valence-corrected chi connectivity index (χ2v) is 7.75. The lowest BCUT2D eigenvalue weighted by Crippen LogP contribution is -2.27. The smallest absolute Gasteiger partial charge is 0.203 e. The van der Waals surface area contributed by atoms with Crippen molar-refractivity contribution in [3.63, 3.8) is 0 Å². The van der Waals surface area contributed by atoms with Crippen molar-refractivity contribution < 1.29 is 19.0 Å². The van der Waals surface area contributed by atoms with E-state index >= 15 is 0 Å². The summed E-state index contributed by atoms with van der Waals surface area (Å²) in [6.07, 6.45) is 3.06. The molecule has 0 saturated heterocycles. The van der Waals surface area contributed by atoms with Crippen LogP contribution in [-0.2, 0) is 0 Å². The Kier molecular flexibility index (Phi) is 9.36. The third-order valence-corrected chi connectivity index (χ3v) is 5.73. The Morgan fingerprint density at radius 1 is 1.10 bits per heavy atom. The second-order valence-electron chi connectivity index (χ2n) is 5.63. The van der Waals surface area contributed by atoms with E-state index in [0.29, 0.717) is 62.8 Å². The molecule has 0 fully saturated rings. The van der Waals surface area contributed by atoms with Crippen LogP contribution in [0.15, 0.2) is 18.2 Å². The van der Waals surface area contributed by atoms with Gasteiger partial charge in [0.05, 0.1) is 26.2 Å². The highest BCUT2D eigenvalue weighted by Crippen LogP contribution is 2.38. The lowest BCUT2D eigenvalue weighted by molar-refractivity contribution is 0.104. The maximum atomic E-state index is 12.7. The molecule has 0 saturated carbocycles. The average molecular weight is 480 g/mol. The van der Waals surface area contributed by atoms with E-state index in [2.05, 4.69) is 4.98 Å². The molecule has 0 bridgehead atoms. The predicted octanol–water partition coefficient (Wildman–Crippen LogP) is 5.00. The van der Waals surface area contributed by atoms with Crippen LogP contribution in [0.25, 0.3) is 6.08 Å². The lowest BCUT2D eigenvalue weighted by atomic mass is 10.1. The highest BCUT2D eigenvalue weighted by Gasteiger charge is 2.17. The van der Waals surface area contributed by atoms with Gasteiger partial charge >= 0.3 is 0 Å². The molecule has 0 N–H and O–H groups in total. The molecule has 0 aliphatic carbocycles. The number of aromatic nitrogens is 1. The van der Waals surface area contributed by atoms with E-state index in [1.165, 1.54) is 38.7 Å². The molecule has 0 spiro atoms. The molecule has 1 aromatic heterocycles. The number of allylic oxidation sites excluding steroid dienone is 1. The van der Waals surface area contributed by atoms with E-state index in [1.54, 1.807) is 18.2 Å². The number of rotatable bonds is 11. The summed E-state index contributed by atoms with van der Waals surface area (Å²) in [6, 6.07) is 3.19. The number of anilines is 1. The molecular weight excluding hydrogens is 459 g/mol. The Hall–Kier alpha value is -1.67. The number of methoxy groups -OCH3 is 3. The highest BCUT2D eigenvalue weighted by molar-refractivity contribution is 7.17. The van der Waals surface area contributed by atoms with E-state index in [-0.39, 0.29) is 5.78 Å². The Labute approximate surface area is 188 Å². The number of ketones is 1. The number of carbonyl (C=O) groups is 1. The molecule has 0 radical (unpaired) electrons. The van der Waals surface area contributed by atoms with Crippen molar-refractivity contribution in [3.8, 4) is 17.2 Å². The van der Waals surface area contributed by atoms with Gasteiger partial charge in [0.15, 0.2) is 22.4 Å². The van der Waals surface area contributed by atoms with Crippen LogP contribution in [0.1, 0.15) is 15.2 Å². The van der Waals surface area contributed by atoms with Crippen LogP contribution in [0.2, 0.25) is 5.15 Å². The number of nitrogens with zero attached hydrogens (tertiary/aromatic N) is 2. The number of hydrogen-bond acceptors (Lipinski definition) is 7. The molecule has 158 valence electrons. The monoisotopic (exact) mass is 478 g/mol. The lowest BCUT2D eigenvalue weighted by Gasteiger charge is -2.18. The molecule has 2 rings (SSSR count). The molecule has 10 heteroatoms. The summed E-state index contributed by atoms with van der Waals surface area (Å²) in [5.74, 6) is 1.87. The van der Waals surface area contributed by atoms with Gasteiger partial charge in [0.2, 0.25) is 5.75 Å². The summed E-state index contributed by atoms with van der Waals surface area (Å²) in [7, 11) is 4.49. The summed E-state index contributed by atoms with van der Waals surface area (Å²) in [6.45, 7) is 1.21. The minimum atomic E-state index is -0.242.